The molecule has 0 fully saturated rings. The first kappa shape index (κ1) is 25.3. The van der Waals surface area contributed by atoms with Crippen LogP contribution in [0, 0.1) is 6.92 Å². The predicted molar refractivity (Wildman–Crippen MR) is 149 cm³/mol. The largest absolute Gasteiger partial charge is 0.488 e. The average molecular weight is 531 g/mol. The molecule has 0 saturated heterocycles. The summed E-state index contributed by atoms with van der Waals surface area (Å²) in [7, 11) is 0. The number of ether oxygens (including phenoxy) is 1. The number of hydrogen-bond donors (Lipinski definition) is 4. The zero-order valence-corrected chi connectivity index (χ0v) is 21.7. The first-order valence-electron chi connectivity index (χ1n) is 12.0. The third kappa shape index (κ3) is 5.20. The van der Waals surface area contributed by atoms with E-state index in [0.29, 0.717) is 40.0 Å². The third-order valence-corrected chi connectivity index (χ3v) is 6.36. The summed E-state index contributed by atoms with van der Waals surface area (Å²) in [5.74, 6) is 0.943. The molecule has 1 unspecified atom stereocenters. The highest BCUT2D eigenvalue weighted by Gasteiger charge is 2.18. The lowest BCUT2D eigenvalue weighted by atomic mass is 10.1. The molecule has 5 aromatic rings. The Balaban J connectivity index is 1.39. The second-order valence-corrected chi connectivity index (χ2v) is 9.55. The zero-order chi connectivity index (χ0) is 26.8. The van der Waals surface area contributed by atoms with E-state index in [1.54, 1.807) is 43.0 Å². The van der Waals surface area contributed by atoms with E-state index in [0.717, 1.165) is 27.9 Å². The smallest absolute Gasteiger partial charge is 0.261 e. The summed E-state index contributed by atoms with van der Waals surface area (Å²) in [6, 6.07) is 10.9. The number of nitrogens with one attached hydrogen (secondary N) is 3. The second kappa shape index (κ2) is 10.6. The number of aryl methyl sites for hydroxylation is 1. The second-order valence-electron chi connectivity index (χ2n) is 9.14. The Hall–Kier alpha value is -4.34. The van der Waals surface area contributed by atoms with Gasteiger partial charge in [-0.1, -0.05) is 24.2 Å². The van der Waals surface area contributed by atoms with Crippen LogP contribution in [0.3, 0.4) is 0 Å². The number of fused-ring (bicyclic) bond motifs is 1. The van der Waals surface area contributed by atoms with Crippen LogP contribution in [0.4, 0.5) is 5.69 Å². The van der Waals surface area contributed by atoms with Gasteiger partial charge in [0, 0.05) is 30.8 Å². The molecular weight excluding hydrogens is 504 g/mol. The average Bonchev–Trinajstić information content (AvgIpc) is 3.57. The molecular formula is C28H27ClN6O3. The van der Waals surface area contributed by atoms with Gasteiger partial charge in [0.1, 0.15) is 23.7 Å². The van der Waals surface area contributed by atoms with Crippen molar-refractivity contribution in [1.29, 1.82) is 0 Å². The van der Waals surface area contributed by atoms with Crippen LogP contribution in [0.1, 0.15) is 24.2 Å². The molecule has 1 atom stereocenters. The number of aliphatic hydroxyl groups is 1. The SMILES string of the molecule is C=C(C)COc1ccc(C(O)CNc2cc[nH]c(=O)c2-c2nc3c(C)cc(-n4ccnc4)cc3[nH]2)cc1Cl. The molecule has 0 aliphatic carbocycles. The first-order valence-corrected chi connectivity index (χ1v) is 12.4. The van der Waals surface area contributed by atoms with Gasteiger partial charge >= 0.3 is 0 Å². The summed E-state index contributed by atoms with van der Waals surface area (Å²) in [5, 5.41) is 14.4. The number of halogens is 1. The maximum atomic E-state index is 12.9. The molecule has 0 spiro atoms. The van der Waals surface area contributed by atoms with Crippen LogP contribution in [0.25, 0.3) is 28.1 Å². The Labute approximate surface area is 223 Å². The van der Waals surface area contributed by atoms with Crippen molar-refractivity contribution in [2.24, 2.45) is 0 Å². The Kier molecular flexibility index (Phi) is 7.04. The van der Waals surface area contributed by atoms with Gasteiger partial charge in [-0.05, 0) is 60.9 Å². The Bertz CT molecular complexity index is 1670. The minimum Gasteiger partial charge on any atom is -0.488 e. The van der Waals surface area contributed by atoms with Gasteiger partial charge in [-0.3, -0.25) is 4.79 Å². The number of hydrogen-bond acceptors (Lipinski definition) is 6. The van der Waals surface area contributed by atoms with E-state index in [2.05, 4.69) is 26.8 Å². The van der Waals surface area contributed by atoms with E-state index in [9.17, 15) is 9.90 Å². The van der Waals surface area contributed by atoms with Crippen LogP contribution >= 0.6 is 11.6 Å². The topological polar surface area (TPSA) is 121 Å². The fraction of sp³-hybridized carbons (Fsp3) is 0.179. The van der Waals surface area contributed by atoms with Crippen molar-refractivity contribution in [3.05, 3.63) is 100.0 Å². The lowest BCUT2D eigenvalue weighted by Gasteiger charge is -2.16. The molecule has 3 heterocycles. The number of benzene rings is 2. The van der Waals surface area contributed by atoms with Gasteiger partial charge < -0.3 is 29.7 Å². The number of anilines is 1. The number of rotatable bonds is 9. The number of aromatic nitrogens is 5. The van der Waals surface area contributed by atoms with Crippen molar-refractivity contribution in [3.63, 3.8) is 0 Å². The Morgan fingerprint density at radius 2 is 2.13 bits per heavy atom. The highest BCUT2D eigenvalue weighted by atomic mass is 35.5. The van der Waals surface area contributed by atoms with Crippen LogP contribution in [-0.4, -0.2) is 42.8 Å². The van der Waals surface area contributed by atoms with Gasteiger partial charge in [-0.25, -0.2) is 9.97 Å². The predicted octanol–water partition coefficient (Wildman–Crippen LogP) is 5.17. The molecule has 194 valence electrons. The molecule has 10 heteroatoms. The van der Waals surface area contributed by atoms with Crippen molar-refractivity contribution in [2.75, 3.05) is 18.5 Å². The lowest BCUT2D eigenvalue weighted by molar-refractivity contribution is 0.191. The minimum atomic E-state index is -0.884. The number of aromatic amines is 2. The molecule has 4 N–H and O–H groups in total. The highest BCUT2D eigenvalue weighted by Crippen LogP contribution is 2.30. The standard InChI is InChI=1S/C28H27ClN6O3/c1-16(2)14-38-24-5-4-18(11-20(24)29)23(36)13-32-21-6-7-31-28(37)25(21)27-33-22-12-19(35-9-8-30-15-35)10-17(3)26(22)34-27/h4-12,15,23,36H,1,13-14H2,2-3H3,(H,33,34)(H2,31,32,37). The molecule has 3 aromatic heterocycles. The van der Waals surface area contributed by atoms with Crippen molar-refractivity contribution in [3.8, 4) is 22.8 Å². The molecule has 5 rings (SSSR count). The Morgan fingerprint density at radius 1 is 1.29 bits per heavy atom. The van der Waals surface area contributed by atoms with Crippen LogP contribution in [0.5, 0.6) is 5.75 Å². The molecule has 2 aromatic carbocycles. The minimum absolute atomic E-state index is 0.142. The summed E-state index contributed by atoms with van der Waals surface area (Å²) >= 11 is 6.35. The van der Waals surface area contributed by atoms with Crippen molar-refractivity contribution in [2.45, 2.75) is 20.0 Å². The summed E-state index contributed by atoms with van der Waals surface area (Å²) < 4.78 is 7.52. The highest BCUT2D eigenvalue weighted by molar-refractivity contribution is 6.32. The van der Waals surface area contributed by atoms with E-state index in [-0.39, 0.29) is 12.1 Å². The summed E-state index contributed by atoms with van der Waals surface area (Å²) in [6.07, 6.45) is 5.97. The van der Waals surface area contributed by atoms with E-state index < -0.39 is 6.10 Å². The normalized spacial score (nSPS) is 12.0. The summed E-state index contributed by atoms with van der Waals surface area (Å²) in [6.45, 7) is 8.15. The van der Waals surface area contributed by atoms with Crippen molar-refractivity contribution < 1.29 is 9.84 Å². The van der Waals surface area contributed by atoms with E-state index in [4.69, 9.17) is 21.3 Å². The van der Waals surface area contributed by atoms with Crippen LogP contribution in [0.15, 0.2) is 78.3 Å². The van der Waals surface area contributed by atoms with E-state index in [1.165, 1.54) is 0 Å². The van der Waals surface area contributed by atoms with Crippen LogP contribution in [0.2, 0.25) is 5.02 Å². The Morgan fingerprint density at radius 3 is 2.87 bits per heavy atom. The maximum absolute atomic E-state index is 12.9. The summed E-state index contributed by atoms with van der Waals surface area (Å²) in [5.41, 5.74) is 5.51. The fourth-order valence-electron chi connectivity index (χ4n) is 4.18. The summed E-state index contributed by atoms with van der Waals surface area (Å²) in [4.78, 5) is 27.7. The number of nitrogens with zero attached hydrogens (tertiary/aromatic N) is 3. The number of H-pyrrole nitrogens is 2. The zero-order valence-electron chi connectivity index (χ0n) is 21.0. The molecule has 0 radical (unpaired) electrons. The van der Waals surface area contributed by atoms with Gasteiger partial charge in [0.2, 0.25) is 0 Å². The van der Waals surface area contributed by atoms with Gasteiger partial charge in [0.05, 0.1) is 34.2 Å². The molecule has 0 aliphatic heterocycles. The molecule has 9 nitrogen and oxygen atoms in total. The van der Waals surface area contributed by atoms with Crippen molar-refractivity contribution >= 4 is 28.3 Å². The fourth-order valence-corrected chi connectivity index (χ4v) is 4.42. The molecule has 0 aliphatic rings. The number of imidazole rings is 2. The van der Waals surface area contributed by atoms with Crippen LogP contribution in [-0.2, 0) is 0 Å². The van der Waals surface area contributed by atoms with Crippen molar-refractivity contribution in [1.82, 2.24) is 24.5 Å². The van der Waals surface area contributed by atoms with Gasteiger partial charge in [-0.15, -0.1) is 0 Å². The van der Waals surface area contributed by atoms with E-state index in [1.807, 2.05) is 36.7 Å². The quantitative estimate of drug-likeness (QED) is 0.195. The number of aliphatic hydroxyl groups excluding tert-OH is 1. The van der Waals surface area contributed by atoms with Gasteiger partial charge in [-0.2, -0.15) is 0 Å². The first-order chi connectivity index (χ1) is 18.3. The molecule has 0 bridgehead atoms. The van der Waals surface area contributed by atoms with E-state index >= 15 is 0 Å². The molecule has 0 amide bonds. The monoisotopic (exact) mass is 530 g/mol. The van der Waals surface area contributed by atoms with Crippen LogP contribution < -0.4 is 15.6 Å². The molecule has 38 heavy (non-hydrogen) atoms. The maximum Gasteiger partial charge on any atom is 0.261 e. The van der Waals surface area contributed by atoms with Gasteiger partial charge in [0.15, 0.2) is 0 Å². The number of pyridine rings is 1. The third-order valence-electron chi connectivity index (χ3n) is 6.06. The molecule has 0 saturated carbocycles. The van der Waals surface area contributed by atoms with Gasteiger partial charge in [0.25, 0.3) is 5.56 Å². The lowest BCUT2D eigenvalue weighted by Crippen LogP contribution is -2.17.